The smallest absolute Gasteiger partial charge is 0.144 e. The molecule has 1 atom stereocenters. The molecule has 0 heterocycles. The van der Waals surface area contributed by atoms with Crippen LogP contribution in [0.15, 0.2) is 91.0 Å². The molecule has 3 nitrogen and oxygen atoms in total. The molecule has 42 heavy (non-hydrogen) atoms. The van der Waals surface area contributed by atoms with Crippen molar-refractivity contribution in [1.82, 2.24) is 4.90 Å². The van der Waals surface area contributed by atoms with Crippen LogP contribution in [0.3, 0.4) is 0 Å². The van der Waals surface area contributed by atoms with E-state index >= 15 is 4.57 Å². The summed E-state index contributed by atoms with van der Waals surface area (Å²) >= 11 is 0. The first-order valence-electron chi connectivity index (χ1n) is 16.6. The van der Waals surface area contributed by atoms with E-state index in [0.29, 0.717) is 6.16 Å². The summed E-state index contributed by atoms with van der Waals surface area (Å²) in [4.78, 5) is 2.59. The lowest BCUT2D eigenvalue weighted by Gasteiger charge is -2.39. The predicted octanol–water partition coefficient (Wildman–Crippen LogP) is 9.36. The van der Waals surface area contributed by atoms with Gasteiger partial charge in [0.25, 0.3) is 0 Å². The van der Waals surface area contributed by atoms with Crippen molar-refractivity contribution in [1.29, 1.82) is 0 Å². The molecule has 5 rings (SSSR count). The molecule has 5 heteroatoms. The molecule has 226 valence electrons. The van der Waals surface area contributed by atoms with Gasteiger partial charge in [0.2, 0.25) is 0 Å². The molecule has 0 bridgehead atoms. The van der Waals surface area contributed by atoms with Gasteiger partial charge < -0.3 is 9.09 Å². The Balaban J connectivity index is 1.37. The molecular formula is C37H51NO2P2. The average Bonchev–Trinajstić information content (AvgIpc) is 3.07. The molecule has 2 aliphatic carbocycles. The molecule has 2 aliphatic rings. The van der Waals surface area contributed by atoms with E-state index in [9.17, 15) is 0 Å². The summed E-state index contributed by atoms with van der Waals surface area (Å²) in [7, 11) is -3.22. The van der Waals surface area contributed by atoms with E-state index in [1.807, 2.05) is 36.4 Å². The molecule has 0 aliphatic heterocycles. The maximum atomic E-state index is 15.1. The summed E-state index contributed by atoms with van der Waals surface area (Å²) < 4.78 is 22.1. The summed E-state index contributed by atoms with van der Waals surface area (Å²) in [5.41, 5.74) is 2.89. The molecule has 0 radical (unpaired) electrons. The van der Waals surface area contributed by atoms with Gasteiger partial charge in [-0.1, -0.05) is 136 Å². The van der Waals surface area contributed by atoms with Crippen molar-refractivity contribution in [2.45, 2.75) is 101 Å². The number of hydrogen-bond donors (Lipinski definition) is 0. The maximum Gasteiger partial charge on any atom is 0.144 e. The van der Waals surface area contributed by atoms with Crippen LogP contribution in [0.5, 0.6) is 0 Å². The second kappa shape index (κ2) is 16.4. The zero-order chi connectivity index (χ0) is 29.0. The second-order valence-electron chi connectivity index (χ2n) is 12.4. The summed E-state index contributed by atoms with van der Waals surface area (Å²) in [6.07, 6.45) is 15.4. The van der Waals surface area contributed by atoms with Crippen LogP contribution in [-0.2, 0) is 15.6 Å². The average molecular weight is 604 g/mol. The van der Waals surface area contributed by atoms with E-state index in [1.54, 1.807) is 0 Å². The van der Waals surface area contributed by atoms with Gasteiger partial charge in [-0.3, -0.25) is 4.90 Å². The zero-order valence-corrected chi connectivity index (χ0v) is 27.4. The predicted molar refractivity (Wildman–Crippen MR) is 182 cm³/mol. The third kappa shape index (κ3) is 8.45. The van der Waals surface area contributed by atoms with Gasteiger partial charge in [-0.05, 0) is 37.7 Å². The molecule has 2 fully saturated rings. The van der Waals surface area contributed by atoms with Gasteiger partial charge >= 0.3 is 0 Å². The van der Waals surface area contributed by atoms with Gasteiger partial charge in [0.05, 0.1) is 6.61 Å². The lowest BCUT2D eigenvalue weighted by Crippen LogP contribution is -2.41. The highest BCUT2D eigenvalue weighted by atomic mass is 31.2. The van der Waals surface area contributed by atoms with Crippen molar-refractivity contribution in [2.75, 3.05) is 19.3 Å². The maximum absolute atomic E-state index is 15.1. The van der Waals surface area contributed by atoms with Gasteiger partial charge in [-0.25, -0.2) is 0 Å². The monoisotopic (exact) mass is 603 g/mol. The molecule has 0 aromatic heterocycles. The lowest BCUT2D eigenvalue weighted by atomic mass is 10.00. The fourth-order valence-corrected chi connectivity index (χ4v) is 13.3. The van der Waals surface area contributed by atoms with Crippen molar-refractivity contribution < 1.29 is 9.09 Å². The van der Waals surface area contributed by atoms with E-state index in [1.165, 1.54) is 69.8 Å². The summed E-state index contributed by atoms with van der Waals surface area (Å²) in [5.74, 6) is 0. The number of hydrogen-bond acceptors (Lipinski definition) is 3. The van der Waals surface area contributed by atoms with Crippen LogP contribution in [0.25, 0.3) is 0 Å². The molecular weight excluding hydrogens is 552 g/mol. The lowest BCUT2D eigenvalue weighted by molar-refractivity contribution is 0.162. The van der Waals surface area contributed by atoms with Crippen LogP contribution in [0.1, 0.15) is 83.1 Å². The third-order valence-corrected chi connectivity index (χ3v) is 15.7. The Labute approximate surface area is 256 Å². The third-order valence-electron chi connectivity index (χ3n) is 9.52. The summed E-state index contributed by atoms with van der Waals surface area (Å²) in [5, 5.41) is 1.92. The Morgan fingerprint density at radius 3 is 1.69 bits per heavy atom. The molecule has 0 unspecified atom stereocenters. The van der Waals surface area contributed by atoms with Gasteiger partial charge in [-0.15, -0.1) is 0 Å². The highest BCUT2D eigenvalue weighted by Gasteiger charge is 2.35. The Hall–Kier alpha value is -1.76. The fourth-order valence-electron chi connectivity index (χ4n) is 7.15. The topological polar surface area (TPSA) is 29.5 Å². The summed E-state index contributed by atoms with van der Waals surface area (Å²) in [6, 6.07) is 31.4. The molecule has 0 spiro atoms. The minimum atomic E-state index is -2.83. The Bertz CT molecular complexity index is 1150. The van der Waals surface area contributed by atoms with E-state index in [0.717, 1.165) is 48.0 Å². The van der Waals surface area contributed by atoms with Gasteiger partial charge in [0.1, 0.15) is 7.14 Å². The van der Waals surface area contributed by atoms with Crippen LogP contribution >= 0.6 is 15.3 Å². The van der Waals surface area contributed by atoms with E-state index in [-0.39, 0.29) is 6.04 Å². The van der Waals surface area contributed by atoms with Crippen molar-refractivity contribution in [2.24, 2.45) is 0 Å². The van der Waals surface area contributed by atoms with Gasteiger partial charge in [0.15, 0.2) is 0 Å². The van der Waals surface area contributed by atoms with E-state index < -0.39 is 15.3 Å². The normalized spacial score (nSPS) is 18.0. The van der Waals surface area contributed by atoms with Crippen molar-refractivity contribution in [3.63, 3.8) is 0 Å². The zero-order valence-electron chi connectivity index (χ0n) is 25.7. The molecule has 0 N–H and O–H groups in total. The van der Waals surface area contributed by atoms with Crippen molar-refractivity contribution >= 4 is 25.9 Å². The minimum Gasteiger partial charge on any atom is -0.357 e. The second-order valence-corrected chi connectivity index (χ2v) is 17.7. The Kier molecular flexibility index (Phi) is 12.3. The molecule has 2 saturated carbocycles. The summed E-state index contributed by atoms with van der Waals surface area (Å²) in [6.45, 7) is 4.79. The van der Waals surface area contributed by atoms with Crippen LogP contribution in [0, 0.1) is 0 Å². The molecule has 0 saturated heterocycles. The quantitative estimate of drug-likeness (QED) is 0.172. The highest BCUT2D eigenvalue weighted by molar-refractivity contribution is 7.78. The highest BCUT2D eigenvalue weighted by Crippen LogP contribution is 2.56. The largest absolute Gasteiger partial charge is 0.357 e. The number of benzene rings is 3. The molecule has 0 amide bonds. The first-order valence-corrected chi connectivity index (χ1v) is 19.9. The first-order chi connectivity index (χ1) is 20.7. The van der Waals surface area contributed by atoms with E-state index in [4.69, 9.17) is 4.52 Å². The standard InChI is InChI=1S/C37H51NO2P2/c1-2-33(31-42(39,36-24-14-6-15-25-36)37-26-16-7-17-27-37)38(30-32-18-8-3-9-19-32)28-29-40-41(34-20-10-4-11-21-34)35-22-12-5-13-23-35/h3,6-9,14-19,24-27,33-35H,2,4-5,10-13,20-23,28-31H2,1H3/t33-/m1/s1. The van der Waals surface area contributed by atoms with Crippen molar-refractivity contribution in [3.8, 4) is 0 Å². The molecule has 3 aromatic carbocycles. The first kappa shape index (κ1) is 31.7. The van der Waals surface area contributed by atoms with Crippen LogP contribution in [0.2, 0.25) is 0 Å². The molecule has 3 aromatic rings. The van der Waals surface area contributed by atoms with Crippen LogP contribution < -0.4 is 10.6 Å². The fraction of sp³-hybridized carbons (Fsp3) is 0.514. The minimum absolute atomic E-state index is 0.190. The SMILES string of the molecule is CC[C@H](CP(=O)(c1ccccc1)c1ccccc1)N(CCOP(C1CCCCC1)C1CCCCC1)Cc1ccccc1. The Morgan fingerprint density at radius 1 is 0.738 bits per heavy atom. The number of rotatable bonds is 14. The van der Waals surface area contributed by atoms with Crippen molar-refractivity contribution in [3.05, 3.63) is 96.6 Å². The van der Waals surface area contributed by atoms with Crippen LogP contribution in [0.4, 0.5) is 0 Å². The van der Waals surface area contributed by atoms with Gasteiger partial charge in [-0.2, -0.15) is 0 Å². The number of nitrogens with zero attached hydrogens (tertiary/aromatic N) is 1. The van der Waals surface area contributed by atoms with Crippen LogP contribution in [-0.4, -0.2) is 41.6 Å². The Morgan fingerprint density at radius 2 is 1.21 bits per heavy atom. The van der Waals surface area contributed by atoms with E-state index in [2.05, 4.69) is 66.4 Å². The van der Waals surface area contributed by atoms with Gasteiger partial charge in [0, 0.05) is 55.4 Å².